The molecule has 1 amide bonds. The highest BCUT2D eigenvalue weighted by molar-refractivity contribution is 5.73. The number of hydrogen-bond donors (Lipinski definition) is 5. The molecule has 0 radical (unpaired) electrons. The number of hydrogen-bond acceptors (Lipinski definition) is 7. The fourth-order valence-corrected chi connectivity index (χ4v) is 3.44. The molecule has 5 N–H and O–H groups in total. The van der Waals surface area contributed by atoms with Gasteiger partial charge in [-0.25, -0.2) is 4.39 Å². The molecule has 1 aliphatic heterocycles. The standard InChI is InChI=1S/C22H26FNO7/c1-12(26)24-8-7-13-5-6-16(10-17(13)14-3-2-4-15(23)9-14)30-22-21(29)20(28)19(27)18(11-25)31-22/h2-6,9-10,18-22,25,27-29H,7-8,11H2,1H3,(H,24,26)/t18?,19-,20+,21-,22?/m1/s1. The number of amides is 1. The summed E-state index contributed by atoms with van der Waals surface area (Å²) in [6.07, 6.45) is -6.53. The Morgan fingerprint density at radius 1 is 1.13 bits per heavy atom. The first kappa shape index (κ1) is 23.1. The van der Waals surface area contributed by atoms with Gasteiger partial charge in [0, 0.05) is 13.5 Å². The lowest BCUT2D eigenvalue weighted by atomic mass is 9.97. The summed E-state index contributed by atoms with van der Waals surface area (Å²) >= 11 is 0. The number of benzene rings is 2. The number of halogens is 1. The van der Waals surface area contributed by atoms with Gasteiger partial charge >= 0.3 is 0 Å². The van der Waals surface area contributed by atoms with Crippen molar-refractivity contribution in [2.75, 3.05) is 13.2 Å². The molecule has 1 heterocycles. The Bertz CT molecular complexity index is 907. The largest absolute Gasteiger partial charge is 0.462 e. The minimum atomic E-state index is -1.56. The molecule has 168 valence electrons. The number of aliphatic hydroxyl groups excluding tert-OH is 4. The van der Waals surface area contributed by atoms with Crippen molar-refractivity contribution in [3.05, 3.63) is 53.8 Å². The minimum absolute atomic E-state index is 0.158. The Morgan fingerprint density at radius 2 is 1.90 bits per heavy atom. The van der Waals surface area contributed by atoms with Crippen molar-refractivity contribution >= 4 is 5.91 Å². The maximum absolute atomic E-state index is 13.8. The number of carbonyl (C=O) groups is 1. The molecule has 0 bridgehead atoms. The Balaban J connectivity index is 1.87. The molecule has 5 atom stereocenters. The summed E-state index contributed by atoms with van der Waals surface area (Å²) in [5.74, 6) is -0.299. The topological polar surface area (TPSA) is 128 Å². The van der Waals surface area contributed by atoms with E-state index < -0.39 is 43.1 Å². The van der Waals surface area contributed by atoms with Gasteiger partial charge in [-0.05, 0) is 47.4 Å². The molecule has 1 aliphatic rings. The van der Waals surface area contributed by atoms with Crippen LogP contribution in [0, 0.1) is 5.82 Å². The number of aliphatic hydroxyl groups is 4. The van der Waals surface area contributed by atoms with E-state index in [1.165, 1.54) is 19.1 Å². The Kier molecular flexibility index (Phi) is 7.58. The lowest BCUT2D eigenvalue weighted by molar-refractivity contribution is -0.277. The van der Waals surface area contributed by atoms with Crippen molar-refractivity contribution in [1.82, 2.24) is 5.32 Å². The average molecular weight is 435 g/mol. The summed E-state index contributed by atoms with van der Waals surface area (Å²) in [6.45, 7) is 1.25. The van der Waals surface area contributed by atoms with Gasteiger partial charge in [0.15, 0.2) is 0 Å². The van der Waals surface area contributed by atoms with E-state index in [9.17, 15) is 29.6 Å². The quantitative estimate of drug-likeness (QED) is 0.425. The first-order valence-corrected chi connectivity index (χ1v) is 9.90. The molecule has 2 aromatic rings. The highest BCUT2D eigenvalue weighted by atomic mass is 19.1. The summed E-state index contributed by atoms with van der Waals surface area (Å²) in [6, 6.07) is 11.0. The SMILES string of the molecule is CC(=O)NCCc1ccc(OC2OC(CO)[C@@H](O)[C@H](O)[C@H]2O)cc1-c1cccc(F)c1. The molecule has 0 saturated carbocycles. The van der Waals surface area contributed by atoms with E-state index in [0.29, 0.717) is 24.1 Å². The second-order valence-electron chi connectivity index (χ2n) is 7.38. The third kappa shape index (κ3) is 5.57. The van der Waals surface area contributed by atoms with Crippen LogP contribution in [-0.2, 0) is 16.0 Å². The molecular weight excluding hydrogens is 409 g/mol. The molecule has 2 aromatic carbocycles. The van der Waals surface area contributed by atoms with Crippen molar-refractivity contribution < 1.29 is 39.1 Å². The molecule has 31 heavy (non-hydrogen) atoms. The van der Waals surface area contributed by atoms with E-state index in [4.69, 9.17) is 9.47 Å². The van der Waals surface area contributed by atoms with Crippen LogP contribution in [0.5, 0.6) is 5.75 Å². The van der Waals surface area contributed by atoms with Crippen LogP contribution >= 0.6 is 0 Å². The number of ether oxygens (including phenoxy) is 2. The van der Waals surface area contributed by atoms with Gasteiger partial charge in [0.1, 0.15) is 36.0 Å². The zero-order chi connectivity index (χ0) is 22.5. The van der Waals surface area contributed by atoms with Crippen molar-refractivity contribution in [2.45, 2.75) is 44.1 Å². The van der Waals surface area contributed by atoms with E-state index in [1.807, 2.05) is 0 Å². The van der Waals surface area contributed by atoms with Crippen LogP contribution in [0.2, 0.25) is 0 Å². The van der Waals surface area contributed by atoms with Crippen LogP contribution in [0.15, 0.2) is 42.5 Å². The fraction of sp³-hybridized carbons (Fsp3) is 0.409. The highest BCUT2D eigenvalue weighted by Gasteiger charge is 2.44. The molecule has 0 aromatic heterocycles. The van der Waals surface area contributed by atoms with Crippen LogP contribution < -0.4 is 10.1 Å². The molecule has 0 aliphatic carbocycles. The van der Waals surface area contributed by atoms with Gasteiger partial charge in [-0.2, -0.15) is 0 Å². The van der Waals surface area contributed by atoms with Crippen molar-refractivity contribution in [1.29, 1.82) is 0 Å². The van der Waals surface area contributed by atoms with Gasteiger partial charge in [-0.1, -0.05) is 18.2 Å². The Morgan fingerprint density at radius 3 is 2.58 bits per heavy atom. The highest BCUT2D eigenvalue weighted by Crippen LogP contribution is 2.31. The molecular formula is C22H26FNO7. The first-order chi connectivity index (χ1) is 14.8. The van der Waals surface area contributed by atoms with Crippen molar-refractivity contribution in [2.24, 2.45) is 0 Å². The predicted molar refractivity (Wildman–Crippen MR) is 109 cm³/mol. The van der Waals surface area contributed by atoms with E-state index in [1.54, 1.807) is 30.3 Å². The number of carbonyl (C=O) groups excluding carboxylic acids is 1. The molecule has 1 saturated heterocycles. The Hall–Kier alpha value is -2.56. The number of nitrogens with one attached hydrogen (secondary N) is 1. The van der Waals surface area contributed by atoms with Crippen LogP contribution in [0.25, 0.3) is 11.1 Å². The van der Waals surface area contributed by atoms with E-state index in [0.717, 1.165) is 5.56 Å². The Labute approximate surface area is 178 Å². The minimum Gasteiger partial charge on any atom is -0.462 e. The van der Waals surface area contributed by atoms with Gasteiger partial charge in [-0.15, -0.1) is 0 Å². The predicted octanol–water partition coefficient (Wildman–Crippen LogP) is 0.350. The second kappa shape index (κ2) is 10.2. The molecule has 3 rings (SSSR count). The van der Waals surface area contributed by atoms with Crippen molar-refractivity contribution in [3.63, 3.8) is 0 Å². The van der Waals surface area contributed by atoms with E-state index in [2.05, 4.69) is 5.32 Å². The zero-order valence-electron chi connectivity index (χ0n) is 16.9. The molecule has 1 fully saturated rings. The lowest BCUT2D eigenvalue weighted by Crippen LogP contribution is -2.60. The summed E-state index contributed by atoms with van der Waals surface area (Å²) < 4.78 is 24.9. The fourth-order valence-electron chi connectivity index (χ4n) is 3.44. The van der Waals surface area contributed by atoms with Gasteiger partial charge in [-0.3, -0.25) is 4.79 Å². The third-order valence-corrected chi connectivity index (χ3v) is 5.09. The van der Waals surface area contributed by atoms with Crippen LogP contribution in [0.1, 0.15) is 12.5 Å². The zero-order valence-corrected chi connectivity index (χ0v) is 16.9. The van der Waals surface area contributed by atoms with E-state index >= 15 is 0 Å². The summed E-state index contributed by atoms with van der Waals surface area (Å²) in [5, 5.41) is 42.1. The maximum atomic E-state index is 13.8. The van der Waals surface area contributed by atoms with E-state index in [-0.39, 0.29) is 11.7 Å². The third-order valence-electron chi connectivity index (χ3n) is 5.09. The van der Waals surface area contributed by atoms with Crippen LogP contribution in [-0.4, -0.2) is 70.2 Å². The monoisotopic (exact) mass is 435 g/mol. The molecule has 9 heteroatoms. The second-order valence-corrected chi connectivity index (χ2v) is 7.38. The van der Waals surface area contributed by atoms with Crippen LogP contribution in [0.4, 0.5) is 4.39 Å². The number of rotatable bonds is 7. The first-order valence-electron chi connectivity index (χ1n) is 9.90. The maximum Gasteiger partial charge on any atom is 0.229 e. The molecule has 2 unspecified atom stereocenters. The average Bonchev–Trinajstić information content (AvgIpc) is 2.74. The molecule has 0 spiro atoms. The van der Waals surface area contributed by atoms with Gasteiger partial charge in [0.25, 0.3) is 0 Å². The smallest absolute Gasteiger partial charge is 0.229 e. The van der Waals surface area contributed by atoms with Gasteiger partial charge in [0.05, 0.1) is 6.61 Å². The van der Waals surface area contributed by atoms with Crippen molar-refractivity contribution in [3.8, 4) is 16.9 Å². The van der Waals surface area contributed by atoms with Crippen LogP contribution in [0.3, 0.4) is 0 Å². The summed E-state index contributed by atoms with van der Waals surface area (Å²) in [5.41, 5.74) is 2.09. The normalized spacial score (nSPS) is 25.8. The van der Waals surface area contributed by atoms with Gasteiger partial charge < -0.3 is 35.2 Å². The van der Waals surface area contributed by atoms with Gasteiger partial charge in [0.2, 0.25) is 12.2 Å². The molecule has 8 nitrogen and oxygen atoms in total. The summed E-state index contributed by atoms with van der Waals surface area (Å²) in [7, 11) is 0. The lowest BCUT2D eigenvalue weighted by Gasteiger charge is -2.39. The summed E-state index contributed by atoms with van der Waals surface area (Å²) in [4.78, 5) is 11.2.